The Morgan fingerprint density at radius 3 is 3.06 bits per heavy atom. The molecule has 0 atom stereocenters. The van der Waals surface area contributed by atoms with E-state index in [4.69, 9.17) is 5.26 Å². The molecular formula is C8H10N2O4S2. The van der Waals surface area contributed by atoms with Crippen LogP contribution in [0.1, 0.15) is 5.56 Å². The van der Waals surface area contributed by atoms with E-state index < -0.39 is 0 Å². The molecule has 0 aromatic carbocycles. The van der Waals surface area contributed by atoms with Gasteiger partial charge < -0.3 is 5.32 Å². The van der Waals surface area contributed by atoms with E-state index in [0.29, 0.717) is 5.82 Å². The fourth-order valence-electron chi connectivity index (χ4n) is 0.830. The topological polar surface area (TPSA) is 80.7 Å². The van der Waals surface area contributed by atoms with Crippen molar-refractivity contribution >= 4 is 33.6 Å². The molecule has 8 heteroatoms. The summed E-state index contributed by atoms with van der Waals surface area (Å²) in [7, 11) is 1.08. The van der Waals surface area contributed by atoms with Crippen LogP contribution in [0, 0.1) is 6.92 Å². The number of nitrogens with one attached hydrogen (secondary N) is 1. The Bertz CT molecular complexity index is 333. The molecule has 0 saturated carbocycles. The highest BCUT2D eigenvalue weighted by Gasteiger charge is 2.04. The first-order valence-electron chi connectivity index (χ1n) is 4.21. The van der Waals surface area contributed by atoms with Crippen LogP contribution in [0.5, 0.6) is 0 Å². The number of aromatic nitrogens is 1. The molecule has 16 heavy (non-hydrogen) atoms. The maximum atomic E-state index is 11.3. The van der Waals surface area contributed by atoms with Gasteiger partial charge in [0.05, 0.1) is 5.75 Å². The van der Waals surface area contributed by atoms with Crippen LogP contribution in [0.15, 0.2) is 18.3 Å². The fraction of sp³-hybridized carbons (Fsp3) is 0.250. The van der Waals surface area contributed by atoms with Gasteiger partial charge in [0.2, 0.25) is 5.91 Å². The third kappa shape index (κ3) is 5.33. The summed E-state index contributed by atoms with van der Waals surface area (Å²) < 4.78 is 4.09. The molecule has 1 amide bonds. The van der Waals surface area contributed by atoms with Crippen molar-refractivity contribution in [3.05, 3.63) is 23.9 Å². The largest absolute Gasteiger partial charge is 0.310 e. The summed E-state index contributed by atoms with van der Waals surface area (Å²) in [6.07, 6.45) is 1.67. The zero-order valence-corrected chi connectivity index (χ0v) is 10.0. The zero-order chi connectivity index (χ0) is 11.8. The number of amides is 1. The van der Waals surface area contributed by atoms with Crippen molar-refractivity contribution in [3.8, 4) is 0 Å². The summed E-state index contributed by atoms with van der Waals surface area (Å²) in [6.45, 7) is 1.91. The van der Waals surface area contributed by atoms with E-state index in [0.717, 1.165) is 27.4 Å². The highest BCUT2D eigenvalue weighted by Crippen LogP contribution is 2.21. The number of pyridine rings is 1. The summed E-state index contributed by atoms with van der Waals surface area (Å²) in [4.78, 5) is 15.3. The van der Waals surface area contributed by atoms with Gasteiger partial charge in [0.1, 0.15) is 16.9 Å². The van der Waals surface area contributed by atoms with Gasteiger partial charge in [-0.25, -0.2) is 10.2 Å². The Morgan fingerprint density at radius 1 is 1.62 bits per heavy atom. The molecule has 0 aliphatic rings. The lowest BCUT2D eigenvalue weighted by Gasteiger charge is -2.03. The second kappa shape index (κ2) is 7.47. The number of carbonyl (C=O) groups is 1. The Kier molecular flexibility index (Phi) is 6.19. The quantitative estimate of drug-likeness (QED) is 0.267. The number of rotatable bonds is 6. The lowest BCUT2D eigenvalue weighted by Crippen LogP contribution is -2.14. The van der Waals surface area contributed by atoms with Crippen molar-refractivity contribution in [2.24, 2.45) is 0 Å². The number of anilines is 1. The van der Waals surface area contributed by atoms with Crippen molar-refractivity contribution in [3.63, 3.8) is 0 Å². The molecule has 1 aromatic heterocycles. The first-order chi connectivity index (χ1) is 7.72. The van der Waals surface area contributed by atoms with E-state index in [2.05, 4.69) is 19.7 Å². The van der Waals surface area contributed by atoms with E-state index in [1.165, 1.54) is 0 Å². The molecule has 0 fully saturated rings. The Balaban J connectivity index is 2.26. The SMILES string of the molecule is Cc1ccc(NC(=O)CSSOOO)nc1. The van der Waals surface area contributed by atoms with E-state index in [9.17, 15) is 4.79 Å². The molecular weight excluding hydrogens is 252 g/mol. The normalized spacial score (nSPS) is 10.1. The van der Waals surface area contributed by atoms with Gasteiger partial charge in [-0.15, -0.1) is 4.33 Å². The van der Waals surface area contributed by atoms with Crippen LogP contribution in [-0.2, 0) is 14.2 Å². The number of hydrogen-bond donors (Lipinski definition) is 2. The van der Waals surface area contributed by atoms with Gasteiger partial charge in [0.15, 0.2) is 0 Å². The maximum absolute atomic E-state index is 11.3. The van der Waals surface area contributed by atoms with E-state index in [1.54, 1.807) is 12.3 Å². The third-order valence-electron chi connectivity index (χ3n) is 1.48. The lowest BCUT2D eigenvalue weighted by molar-refractivity contribution is -0.431. The summed E-state index contributed by atoms with van der Waals surface area (Å²) in [5.41, 5.74) is 1.02. The standard InChI is InChI=1S/C8H10N2O4S2/c1-6-2-3-7(9-4-6)10-8(11)5-15-16-14-13-12/h2-4,12H,5H2,1H3,(H,9,10,11). The first kappa shape index (κ1) is 13.3. The molecule has 6 nitrogen and oxygen atoms in total. The highest BCUT2D eigenvalue weighted by atomic mass is 33.1. The Labute approximate surface area is 100 Å². The maximum Gasteiger partial charge on any atom is 0.236 e. The molecule has 1 aromatic rings. The molecule has 0 radical (unpaired) electrons. The van der Waals surface area contributed by atoms with E-state index in [1.807, 2.05) is 13.0 Å². The van der Waals surface area contributed by atoms with E-state index in [-0.39, 0.29) is 11.7 Å². The van der Waals surface area contributed by atoms with Crippen LogP contribution in [-0.4, -0.2) is 21.9 Å². The molecule has 88 valence electrons. The zero-order valence-electron chi connectivity index (χ0n) is 8.37. The molecule has 0 saturated heterocycles. The molecule has 0 aliphatic carbocycles. The number of nitrogens with zero attached hydrogens (tertiary/aromatic N) is 1. The highest BCUT2D eigenvalue weighted by molar-refractivity contribution is 8.75. The molecule has 1 heterocycles. The Morgan fingerprint density at radius 2 is 2.44 bits per heavy atom. The molecule has 0 bridgehead atoms. The smallest absolute Gasteiger partial charge is 0.236 e. The molecule has 0 unspecified atom stereocenters. The van der Waals surface area contributed by atoms with Crippen molar-refractivity contribution in [2.75, 3.05) is 11.1 Å². The van der Waals surface area contributed by atoms with Crippen molar-refractivity contribution < 1.29 is 19.4 Å². The fourth-order valence-corrected chi connectivity index (χ4v) is 1.78. The van der Waals surface area contributed by atoms with Crippen LogP contribution in [0.25, 0.3) is 0 Å². The summed E-state index contributed by atoms with van der Waals surface area (Å²) in [5.74, 6) is 0.444. The third-order valence-corrected chi connectivity index (χ3v) is 2.88. The van der Waals surface area contributed by atoms with Gasteiger partial charge in [-0.3, -0.25) is 4.79 Å². The van der Waals surface area contributed by atoms with Gasteiger partial charge in [-0.2, -0.15) is 0 Å². The van der Waals surface area contributed by atoms with Crippen LogP contribution < -0.4 is 5.32 Å². The Hall–Kier alpha value is -0.800. The minimum atomic E-state index is -0.213. The van der Waals surface area contributed by atoms with Crippen LogP contribution in [0.2, 0.25) is 0 Å². The average Bonchev–Trinajstić information content (AvgIpc) is 2.28. The van der Waals surface area contributed by atoms with Crippen molar-refractivity contribution in [1.82, 2.24) is 4.98 Å². The van der Waals surface area contributed by atoms with Crippen molar-refractivity contribution in [2.45, 2.75) is 6.92 Å². The molecule has 2 N–H and O–H groups in total. The molecule has 0 aliphatic heterocycles. The molecule has 1 rings (SSSR count). The number of aryl methyl sites for hydroxylation is 1. The van der Waals surface area contributed by atoms with Gasteiger partial charge in [-0.05, 0) is 18.6 Å². The second-order valence-electron chi connectivity index (χ2n) is 2.74. The van der Waals surface area contributed by atoms with Crippen molar-refractivity contribution in [1.29, 1.82) is 0 Å². The summed E-state index contributed by atoms with van der Waals surface area (Å²) in [6, 6.07) is 3.57. The average molecular weight is 262 g/mol. The molecule has 0 spiro atoms. The summed E-state index contributed by atoms with van der Waals surface area (Å²) >= 11 is 0.758. The minimum Gasteiger partial charge on any atom is -0.310 e. The van der Waals surface area contributed by atoms with Crippen LogP contribution in [0.4, 0.5) is 5.82 Å². The second-order valence-corrected chi connectivity index (χ2v) is 4.65. The minimum absolute atomic E-state index is 0.156. The van der Waals surface area contributed by atoms with E-state index >= 15 is 0 Å². The van der Waals surface area contributed by atoms with Crippen LogP contribution in [0.3, 0.4) is 0 Å². The number of carbonyl (C=O) groups excluding carboxylic acids is 1. The lowest BCUT2D eigenvalue weighted by atomic mass is 10.3. The van der Waals surface area contributed by atoms with Gasteiger partial charge in [-0.1, -0.05) is 21.9 Å². The van der Waals surface area contributed by atoms with Gasteiger partial charge in [0.25, 0.3) is 0 Å². The first-order valence-corrected chi connectivity index (χ1v) is 6.45. The van der Waals surface area contributed by atoms with Gasteiger partial charge in [0, 0.05) is 6.20 Å². The van der Waals surface area contributed by atoms with Crippen LogP contribution >= 0.6 is 21.9 Å². The predicted molar refractivity (Wildman–Crippen MR) is 62.5 cm³/mol. The predicted octanol–water partition coefficient (Wildman–Crippen LogP) is 2.05. The summed E-state index contributed by atoms with van der Waals surface area (Å²) in [5, 5.41) is 13.8. The van der Waals surface area contributed by atoms with Gasteiger partial charge >= 0.3 is 0 Å². The number of hydrogen-bond acceptors (Lipinski definition) is 7. The monoisotopic (exact) mass is 262 g/mol.